The fourth-order valence-electron chi connectivity index (χ4n) is 2.46. The Morgan fingerprint density at radius 1 is 1.32 bits per heavy atom. The number of allylic oxidation sites excluding steroid dienone is 1. The van der Waals surface area contributed by atoms with E-state index < -0.39 is 0 Å². The van der Waals surface area contributed by atoms with Gasteiger partial charge in [-0.1, -0.05) is 13.2 Å². The summed E-state index contributed by atoms with van der Waals surface area (Å²) in [7, 11) is 2.84. The lowest BCUT2D eigenvalue weighted by molar-refractivity contribution is -0.00651. The third kappa shape index (κ3) is 3.82. The number of rotatable bonds is 6. The molecule has 0 aromatic carbocycles. The molecule has 3 N–H and O–H groups in total. The molecule has 0 aliphatic carbocycles. The highest BCUT2D eigenvalue weighted by Crippen LogP contribution is 2.36. The summed E-state index contributed by atoms with van der Waals surface area (Å²) in [5, 5.41) is 7.99. The fourth-order valence-corrected chi connectivity index (χ4v) is 2.46. The summed E-state index contributed by atoms with van der Waals surface area (Å²) in [5.41, 5.74) is 7.28. The lowest BCUT2D eigenvalue weighted by atomic mass is 10.0. The highest BCUT2D eigenvalue weighted by atomic mass is 16.5. The van der Waals surface area contributed by atoms with Gasteiger partial charge in [0.2, 0.25) is 11.8 Å². The van der Waals surface area contributed by atoms with Crippen LogP contribution in [0.1, 0.15) is 33.6 Å². The minimum atomic E-state index is -0.195. The SMILES string of the molecule is C=C(C)N(C(=C)[C@H]1CCC(C)(C)O1)/C(C(=N)OC)=C(/N)OC. The van der Waals surface area contributed by atoms with Crippen LogP contribution in [0.5, 0.6) is 0 Å². The molecule has 6 heteroatoms. The zero-order chi connectivity index (χ0) is 17.1. The molecule has 1 aliphatic rings. The minimum Gasteiger partial charge on any atom is -0.481 e. The van der Waals surface area contributed by atoms with Gasteiger partial charge in [-0.05, 0) is 33.6 Å². The number of ether oxygens (including phenoxy) is 3. The summed E-state index contributed by atoms with van der Waals surface area (Å²) >= 11 is 0. The summed E-state index contributed by atoms with van der Waals surface area (Å²) in [6, 6.07) is 0. The second kappa shape index (κ2) is 6.87. The zero-order valence-electron chi connectivity index (χ0n) is 14.2. The van der Waals surface area contributed by atoms with Crippen molar-refractivity contribution in [3.63, 3.8) is 0 Å². The predicted octanol–water partition coefficient (Wildman–Crippen LogP) is 2.69. The average molecular weight is 309 g/mol. The van der Waals surface area contributed by atoms with Crippen LogP contribution in [0.4, 0.5) is 0 Å². The molecule has 0 aromatic rings. The lowest BCUT2D eigenvalue weighted by Crippen LogP contribution is -2.34. The molecule has 22 heavy (non-hydrogen) atoms. The van der Waals surface area contributed by atoms with Gasteiger partial charge in [-0.15, -0.1) is 0 Å². The molecule has 0 unspecified atom stereocenters. The van der Waals surface area contributed by atoms with Crippen LogP contribution in [0, 0.1) is 5.41 Å². The first-order valence-corrected chi connectivity index (χ1v) is 7.13. The third-order valence-electron chi connectivity index (χ3n) is 3.61. The number of nitrogens with zero attached hydrogens (tertiary/aromatic N) is 1. The molecule has 0 bridgehead atoms. The van der Waals surface area contributed by atoms with Gasteiger partial charge < -0.3 is 24.8 Å². The predicted molar refractivity (Wildman–Crippen MR) is 86.9 cm³/mol. The summed E-state index contributed by atoms with van der Waals surface area (Å²) in [4.78, 5) is 1.66. The first kappa shape index (κ1) is 18.1. The summed E-state index contributed by atoms with van der Waals surface area (Å²) in [5.74, 6) is -0.0611. The summed E-state index contributed by atoms with van der Waals surface area (Å²) in [6.45, 7) is 14.0. The molecule has 1 aliphatic heterocycles. The number of nitrogens with two attached hydrogens (primary N) is 1. The quantitative estimate of drug-likeness (QED) is 0.448. The van der Waals surface area contributed by atoms with Gasteiger partial charge in [-0.2, -0.15) is 0 Å². The van der Waals surface area contributed by atoms with E-state index in [9.17, 15) is 0 Å². The second-order valence-corrected chi connectivity index (χ2v) is 5.92. The van der Waals surface area contributed by atoms with Crippen molar-refractivity contribution in [2.45, 2.75) is 45.3 Å². The molecule has 1 rings (SSSR count). The maximum absolute atomic E-state index is 7.99. The van der Waals surface area contributed by atoms with Gasteiger partial charge in [-0.25, -0.2) is 0 Å². The number of hydrogen-bond acceptors (Lipinski definition) is 6. The van der Waals surface area contributed by atoms with Gasteiger partial charge in [0.05, 0.1) is 25.9 Å². The molecule has 1 fully saturated rings. The van der Waals surface area contributed by atoms with Crippen molar-refractivity contribution in [1.82, 2.24) is 4.90 Å². The maximum atomic E-state index is 7.99. The third-order valence-corrected chi connectivity index (χ3v) is 3.61. The van der Waals surface area contributed by atoms with E-state index in [1.807, 2.05) is 13.8 Å². The Kier molecular flexibility index (Phi) is 5.65. The average Bonchev–Trinajstić information content (AvgIpc) is 2.82. The Labute approximate surface area is 132 Å². The van der Waals surface area contributed by atoms with Gasteiger partial charge in [0.1, 0.15) is 0 Å². The molecule has 0 saturated carbocycles. The molecular weight excluding hydrogens is 282 g/mol. The monoisotopic (exact) mass is 309 g/mol. The van der Waals surface area contributed by atoms with E-state index in [0.29, 0.717) is 11.4 Å². The molecule has 1 saturated heterocycles. The first-order valence-electron chi connectivity index (χ1n) is 7.13. The largest absolute Gasteiger partial charge is 0.481 e. The van der Waals surface area contributed by atoms with E-state index in [2.05, 4.69) is 13.2 Å². The maximum Gasteiger partial charge on any atom is 0.236 e. The normalized spacial score (nSPS) is 20.9. The molecule has 6 nitrogen and oxygen atoms in total. The van der Waals surface area contributed by atoms with Crippen molar-refractivity contribution in [2.24, 2.45) is 5.73 Å². The summed E-state index contributed by atoms with van der Waals surface area (Å²) in [6.07, 6.45) is 1.60. The Morgan fingerprint density at radius 3 is 2.27 bits per heavy atom. The topological polar surface area (TPSA) is 80.8 Å². The van der Waals surface area contributed by atoms with Gasteiger partial charge in [-0.3, -0.25) is 5.41 Å². The molecule has 0 spiro atoms. The van der Waals surface area contributed by atoms with Crippen molar-refractivity contribution >= 4 is 5.90 Å². The van der Waals surface area contributed by atoms with E-state index >= 15 is 0 Å². The van der Waals surface area contributed by atoms with E-state index in [-0.39, 0.29) is 29.2 Å². The van der Waals surface area contributed by atoms with Crippen LogP contribution in [-0.4, -0.2) is 36.7 Å². The number of hydrogen-bond donors (Lipinski definition) is 2. The molecule has 0 radical (unpaired) electrons. The van der Waals surface area contributed by atoms with E-state index in [0.717, 1.165) is 12.8 Å². The van der Waals surface area contributed by atoms with E-state index in [1.165, 1.54) is 14.2 Å². The van der Waals surface area contributed by atoms with Crippen LogP contribution in [0.2, 0.25) is 0 Å². The van der Waals surface area contributed by atoms with Crippen molar-refractivity contribution in [3.05, 3.63) is 36.1 Å². The van der Waals surface area contributed by atoms with Crippen LogP contribution >= 0.6 is 0 Å². The molecule has 0 aromatic heterocycles. The Balaban J connectivity index is 3.19. The number of nitrogens with one attached hydrogen (secondary N) is 1. The first-order chi connectivity index (χ1) is 10.1. The van der Waals surface area contributed by atoms with Crippen molar-refractivity contribution < 1.29 is 14.2 Å². The van der Waals surface area contributed by atoms with Crippen LogP contribution in [0.3, 0.4) is 0 Å². The molecule has 1 heterocycles. The minimum absolute atomic E-state index is 0.0632. The number of methoxy groups -OCH3 is 2. The molecule has 124 valence electrons. The van der Waals surface area contributed by atoms with Gasteiger partial charge in [0.15, 0.2) is 5.70 Å². The highest BCUT2D eigenvalue weighted by molar-refractivity contribution is 5.91. The molecular formula is C16H27N3O3. The van der Waals surface area contributed by atoms with Crippen LogP contribution in [0.15, 0.2) is 36.1 Å². The lowest BCUT2D eigenvalue weighted by Gasteiger charge is -2.32. The van der Waals surface area contributed by atoms with Crippen LogP contribution in [0.25, 0.3) is 0 Å². The Hall–Kier alpha value is -1.95. The highest BCUT2D eigenvalue weighted by Gasteiger charge is 2.36. The zero-order valence-corrected chi connectivity index (χ0v) is 14.2. The van der Waals surface area contributed by atoms with Crippen molar-refractivity contribution in [3.8, 4) is 0 Å². The van der Waals surface area contributed by atoms with Gasteiger partial charge in [0, 0.05) is 11.4 Å². The van der Waals surface area contributed by atoms with E-state index in [4.69, 9.17) is 25.4 Å². The second-order valence-electron chi connectivity index (χ2n) is 5.92. The van der Waals surface area contributed by atoms with Crippen molar-refractivity contribution in [1.29, 1.82) is 5.41 Å². The molecule has 0 amide bonds. The van der Waals surface area contributed by atoms with Crippen LogP contribution < -0.4 is 5.73 Å². The van der Waals surface area contributed by atoms with Gasteiger partial charge in [0.25, 0.3) is 0 Å². The van der Waals surface area contributed by atoms with Gasteiger partial charge >= 0.3 is 0 Å². The summed E-state index contributed by atoms with van der Waals surface area (Å²) < 4.78 is 16.1. The van der Waals surface area contributed by atoms with Crippen molar-refractivity contribution in [2.75, 3.05) is 14.2 Å². The fraction of sp³-hybridized carbons (Fsp3) is 0.562. The standard InChI is InChI=1S/C16H27N3O3/c1-10(2)19(13(14(17)20-6)15(18)21-7)11(3)12-8-9-16(4,5)22-12/h12,17H,1,3,8-9,18H2,2,4-7H3/b15-13-,17-14?/t12-/m1/s1. The molecule has 1 atom stereocenters. The van der Waals surface area contributed by atoms with E-state index in [1.54, 1.807) is 11.8 Å². The Bertz CT molecular complexity index is 509. The van der Waals surface area contributed by atoms with Crippen LogP contribution in [-0.2, 0) is 14.2 Å². The Morgan fingerprint density at radius 2 is 1.91 bits per heavy atom. The smallest absolute Gasteiger partial charge is 0.236 e.